The number of hydrogen-bond donors (Lipinski definition) is 0. The smallest absolute Gasteiger partial charge is 0.161 e. The lowest BCUT2D eigenvalue weighted by Gasteiger charge is -2.13. The third-order valence-corrected chi connectivity index (χ3v) is 3.61. The molecule has 0 aliphatic heterocycles. The second-order valence-electron chi connectivity index (χ2n) is 4.40. The molecule has 0 unspecified atom stereocenters. The Balaban J connectivity index is 1.99. The first-order chi connectivity index (χ1) is 9.74. The first-order valence-electron chi connectivity index (χ1n) is 6.65. The first-order valence-corrected chi connectivity index (χ1v) is 7.77. The number of benzene rings is 1. The molecule has 4 nitrogen and oxygen atoms in total. The molecule has 0 fully saturated rings. The van der Waals surface area contributed by atoms with Crippen LogP contribution < -0.4 is 9.47 Å². The summed E-state index contributed by atoms with van der Waals surface area (Å²) in [6, 6.07) is 6.00. The van der Waals surface area contributed by atoms with Gasteiger partial charge in [0.05, 0.1) is 13.2 Å². The normalized spacial score (nSPS) is 10.6. The van der Waals surface area contributed by atoms with Crippen LogP contribution in [0.4, 0.5) is 0 Å². The largest absolute Gasteiger partial charge is 0.490 e. The van der Waals surface area contributed by atoms with Crippen LogP contribution in [0.15, 0.2) is 30.6 Å². The van der Waals surface area contributed by atoms with E-state index in [1.807, 2.05) is 42.9 Å². The monoisotopic (exact) mass is 338 g/mol. The lowest BCUT2D eigenvalue weighted by Crippen LogP contribution is -2.07. The van der Waals surface area contributed by atoms with Gasteiger partial charge in [-0.1, -0.05) is 22.0 Å². The van der Waals surface area contributed by atoms with Gasteiger partial charge in [0.2, 0.25) is 0 Å². The lowest BCUT2D eigenvalue weighted by atomic mass is 10.2. The van der Waals surface area contributed by atoms with Crippen LogP contribution in [0.3, 0.4) is 0 Å². The van der Waals surface area contributed by atoms with E-state index in [-0.39, 0.29) is 0 Å². The second-order valence-corrected chi connectivity index (χ2v) is 4.96. The molecule has 0 radical (unpaired) electrons. The number of rotatable bonds is 7. The molecule has 0 aliphatic carbocycles. The summed E-state index contributed by atoms with van der Waals surface area (Å²) in [4.78, 5) is 4.28. The molecule has 108 valence electrons. The average molecular weight is 339 g/mol. The van der Waals surface area contributed by atoms with E-state index in [0.717, 1.165) is 29.1 Å². The van der Waals surface area contributed by atoms with Gasteiger partial charge in [-0.05, 0) is 24.6 Å². The van der Waals surface area contributed by atoms with Gasteiger partial charge in [-0.15, -0.1) is 0 Å². The van der Waals surface area contributed by atoms with E-state index in [9.17, 15) is 0 Å². The molecule has 0 amide bonds. The van der Waals surface area contributed by atoms with Crippen molar-refractivity contribution in [2.45, 2.75) is 18.7 Å². The van der Waals surface area contributed by atoms with Crippen LogP contribution in [0.1, 0.15) is 18.3 Å². The maximum absolute atomic E-state index is 5.82. The number of aryl methyl sites for hydroxylation is 1. The van der Waals surface area contributed by atoms with Crippen LogP contribution in [0.2, 0.25) is 0 Å². The van der Waals surface area contributed by atoms with E-state index in [1.165, 1.54) is 5.56 Å². The maximum atomic E-state index is 5.82. The van der Waals surface area contributed by atoms with E-state index in [2.05, 4.69) is 20.9 Å². The van der Waals surface area contributed by atoms with Crippen molar-refractivity contribution in [3.63, 3.8) is 0 Å². The van der Waals surface area contributed by atoms with Crippen molar-refractivity contribution in [2.75, 3.05) is 13.2 Å². The summed E-state index contributed by atoms with van der Waals surface area (Å²) in [5.41, 5.74) is 1.17. The van der Waals surface area contributed by atoms with E-state index in [1.54, 1.807) is 6.20 Å². The van der Waals surface area contributed by atoms with Gasteiger partial charge >= 0.3 is 0 Å². The zero-order valence-electron chi connectivity index (χ0n) is 11.8. The van der Waals surface area contributed by atoms with Crippen molar-refractivity contribution >= 4 is 15.9 Å². The molecule has 2 aromatic rings. The summed E-state index contributed by atoms with van der Waals surface area (Å²) >= 11 is 3.45. The number of nitrogens with zero attached hydrogens (tertiary/aromatic N) is 2. The zero-order chi connectivity index (χ0) is 14.4. The van der Waals surface area contributed by atoms with Gasteiger partial charge in [0.25, 0.3) is 0 Å². The van der Waals surface area contributed by atoms with E-state index < -0.39 is 0 Å². The highest BCUT2D eigenvalue weighted by atomic mass is 79.9. The molecule has 2 rings (SSSR count). The van der Waals surface area contributed by atoms with Crippen molar-refractivity contribution in [3.05, 3.63) is 42.0 Å². The Morgan fingerprint density at radius 3 is 2.75 bits per heavy atom. The van der Waals surface area contributed by atoms with Crippen molar-refractivity contribution in [1.29, 1.82) is 0 Å². The van der Waals surface area contributed by atoms with Gasteiger partial charge in [-0.25, -0.2) is 4.98 Å². The Morgan fingerprint density at radius 2 is 2.10 bits per heavy atom. The van der Waals surface area contributed by atoms with Gasteiger partial charge in [0.1, 0.15) is 5.82 Å². The van der Waals surface area contributed by atoms with Gasteiger partial charge < -0.3 is 14.0 Å². The predicted octanol–water partition coefficient (Wildman–Crippen LogP) is 3.34. The minimum absolute atomic E-state index is 0.582. The quantitative estimate of drug-likeness (QED) is 0.726. The molecule has 1 heterocycles. The third kappa shape index (κ3) is 3.76. The fourth-order valence-corrected chi connectivity index (χ4v) is 2.26. The first kappa shape index (κ1) is 14.9. The molecule has 0 aliphatic rings. The third-order valence-electron chi connectivity index (χ3n) is 2.97. The van der Waals surface area contributed by atoms with Crippen LogP contribution in [-0.2, 0) is 18.8 Å². The summed E-state index contributed by atoms with van der Waals surface area (Å²) in [5, 5.41) is 0.806. The Hall–Kier alpha value is -1.49. The number of ether oxygens (including phenoxy) is 2. The van der Waals surface area contributed by atoms with Crippen molar-refractivity contribution in [3.8, 4) is 11.5 Å². The Bertz CT molecular complexity index is 555. The van der Waals surface area contributed by atoms with E-state index in [4.69, 9.17) is 9.47 Å². The Labute approximate surface area is 127 Å². The standard InChI is InChI=1S/C15H19BrN2O2/c1-3-19-14-10-12(11-16)4-5-13(14)20-9-6-15-17-7-8-18(15)2/h4-5,7-8,10H,3,6,9,11H2,1-2H3. The van der Waals surface area contributed by atoms with Gasteiger partial charge in [-0.2, -0.15) is 0 Å². The minimum atomic E-state index is 0.582. The highest BCUT2D eigenvalue weighted by molar-refractivity contribution is 9.08. The molecule has 0 spiro atoms. The number of hydrogen-bond acceptors (Lipinski definition) is 3. The van der Waals surface area contributed by atoms with E-state index in [0.29, 0.717) is 13.2 Å². The molecular weight excluding hydrogens is 320 g/mol. The fourth-order valence-electron chi connectivity index (χ4n) is 1.91. The topological polar surface area (TPSA) is 36.3 Å². The highest BCUT2D eigenvalue weighted by Gasteiger charge is 2.07. The molecule has 0 N–H and O–H groups in total. The van der Waals surface area contributed by atoms with Gasteiger partial charge in [0, 0.05) is 31.2 Å². The molecular formula is C15H19BrN2O2. The number of halogens is 1. The summed E-state index contributed by atoms with van der Waals surface area (Å²) in [7, 11) is 1.98. The van der Waals surface area contributed by atoms with Crippen LogP contribution in [0, 0.1) is 0 Å². The lowest BCUT2D eigenvalue weighted by molar-refractivity contribution is 0.277. The molecule has 0 bridgehead atoms. The summed E-state index contributed by atoms with van der Waals surface area (Å²) in [6.07, 6.45) is 4.51. The van der Waals surface area contributed by atoms with Crippen molar-refractivity contribution < 1.29 is 9.47 Å². The van der Waals surface area contributed by atoms with Gasteiger partial charge in [0.15, 0.2) is 11.5 Å². The van der Waals surface area contributed by atoms with Gasteiger partial charge in [-0.3, -0.25) is 0 Å². The molecule has 5 heteroatoms. The van der Waals surface area contributed by atoms with Crippen LogP contribution in [0.5, 0.6) is 11.5 Å². The molecule has 0 saturated heterocycles. The number of imidazole rings is 1. The average Bonchev–Trinajstić information content (AvgIpc) is 2.86. The zero-order valence-corrected chi connectivity index (χ0v) is 13.4. The van der Waals surface area contributed by atoms with Crippen molar-refractivity contribution in [1.82, 2.24) is 9.55 Å². The fraction of sp³-hybridized carbons (Fsp3) is 0.400. The van der Waals surface area contributed by atoms with Crippen LogP contribution >= 0.6 is 15.9 Å². The summed E-state index contributed by atoms with van der Waals surface area (Å²) in [5.74, 6) is 2.59. The molecule has 0 atom stereocenters. The highest BCUT2D eigenvalue weighted by Crippen LogP contribution is 2.29. The molecule has 1 aromatic heterocycles. The molecule has 0 saturated carbocycles. The van der Waals surface area contributed by atoms with E-state index >= 15 is 0 Å². The second kappa shape index (κ2) is 7.33. The van der Waals surface area contributed by atoms with Crippen molar-refractivity contribution in [2.24, 2.45) is 7.05 Å². The SMILES string of the molecule is CCOc1cc(CBr)ccc1OCCc1nccn1C. The number of alkyl halides is 1. The Kier molecular flexibility index (Phi) is 5.47. The van der Waals surface area contributed by atoms with Crippen LogP contribution in [-0.4, -0.2) is 22.8 Å². The summed E-state index contributed by atoms with van der Waals surface area (Å²) in [6.45, 7) is 3.18. The predicted molar refractivity (Wildman–Crippen MR) is 82.6 cm³/mol. The minimum Gasteiger partial charge on any atom is -0.490 e. The number of aromatic nitrogens is 2. The molecule has 1 aromatic carbocycles. The Morgan fingerprint density at radius 1 is 1.25 bits per heavy atom. The summed E-state index contributed by atoms with van der Waals surface area (Å²) < 4.78 is 13.4. The molecule has 20 heavy (non-hydrogen) atoms. The maximum Gasteiger partial charge on any atom is 0.161 e. The van der Waals surface area contributed by atoms with Crippen LogP contribution in [0.25, 0.3) is 0 Å².